The van der Waals surface area contributed by atoms with Gasteiger partial charge in [0, 0.05) is 12.7 Å². The lowest BCUT2D eigenvalue weighted by molar-refractivity contribution is -0.137. The molecule has 0 saturated carbocycles. The Morgan fingerprint density at radius 2 is 2.04 bits per heavy atom. The van der Waals surface area contributed by atoms with E-state index in [0.29, 0.717) is 11.3 Å². The number of rotatable bonds is 5. The van der Waals surface area contributed by atoms with Crippen LogP contribution in [0.3, 0.4) is 0 Å². The van der Waals surface area contributed by atoms with Gasteiger partial charge in [0.15, 0.2) is 0 Å². The Bertz CT molecular complexity index is 999. The summed E-state index contributed by atoms with van der Waals surface area (Å²) in [6.45, 7) is 1.78. The Labute approximate surface area is 159 Å². The number of carbonyl (C=O) groups excluding carboxylic acids is 1. The van der Waals surface area contributed by atoms with Gasteiger partial charge in [-0.05, 0) is 36.8 Å². The molecule has 0 saturated heterocycles. The maximum absolute atomic E-state index is 12.8. The SMILES string of the molecule is COc1nc(C(=O)NCc2cccc(C(F)(F)F)c2)ccc1-n1cnc(C)c1. The van der Waals surface area contributed by atoms with Crippen LogP contribution in [0.1, 0.15) is 27.3 Å². The molecule has 0 aliphatic carbocycles. The normalized spacial score (nSPS) is 11.3. The number of hydrogen-bond donors (Lipinski definition) is 1. The zero-order chi connectivity index (χ0) is 20.3. The van der Waals surface area contributed by atoms with E-state index in [4.69, 9.17) is 4.74 Å². The largest absolute Gasteiger partial charge is 0.479 e. The van der Waals surface area contributed by atoms with Gasteiger partial charge in [-0.2, -0.15) is 13.2 Å². The van der Waals surface area contributed by atoms with Crippen molar-refractivity contribution in [2.75, 3.05) is 7.11 Å². The highest BCUT2D eigenvalue weighted by Crippen LogP contribution is 2.29. The molecule has 3 aromatic rings. The molecule has 6 nitrogen and oxygen atoms in total. The smallest absolute Gasteiger partial charge is 0.416 e. The van der Waals surface area contributed by atoms with Crippen LogP contribution in [0, 0.1) is 6.92 Å². The van der Waals surface area contributed by atoms with E-state index in [1.54, 1.807) is 23.2 Å². The number of aryl methyl sites for hydroxylation is 1. The van der Waals surface area contributed by atoms with Gasteiger partial charge in [-0.1, -0.05) is 12.1 Å². The Hall–Kier alpha value is -3.36. The highest BCUT2D eigenvalue weighted by atomic mass is 19.4. The fourth-order valence-corrected chi connectivity index (χ4v) is 2.59. The number of nitrogens with zero attached hydrogens (tertiary/aromatic N) is 3. The van der Waals surface area contributed by atoms with Crippen molar-refractivity contribution >= 4 is 5.91 Å². The van der Waals surface area contributed by atoms with Crippen molar-refractivity contribution in [2.45, 2.75) is 19.6 Å². The molecule has 1 amide bonds. The predicted molar refractivity (Wildman–Crippen MR) is 95.3 cm³/mol. The third-order valence-corrected chi connectivity index (χ3v) is 3.96. The lowest BCUT2D eigenvalue weighted by atomic mass is 10.1. The number of amides is 1. The number of imidazole rings is 1. The van der Waals surface area contributed by atoms with Crippen molar-refractivity contribution in [1.29, 1.82) is 0 Å². The number of alkyl halides is 3. The van der Waals surface area contributed by atoms with E-state index < -0.39 is 17.6 Å². The van der Waals surface area contributed by atoms with Gasteiger partial charge in [0.05, 0.1) is 24.7 Å². The minimum atomic E-state index is -4.43. The van der Waals surface area contributed by atoms with Crippen molar-refractivity contribution in [3.8, 4) is 11.6 Å². The molecule has 2 heterocycles. The second-order valence-electron chi connectivity index (χ2n) is 6.03. The molecule has 3 rings (SSSR count). The predicted octanol–water partition coefficient (Wildman–Crippen LogP) is 3.53. The topological polar surface area (TPSA) is 69.0 Å². The summed E-state index contributed by atoms with van der Waals surface area (Å²) in [4.78, 5) is 20.7. The minimum Gasteiger partial charge on any atom is -0.479 e. The molecular formula is C19H17F3N4O2. The molecule has 1 aromatic carbocycles. The van der Waals surface area contributed by atoms with Crippen LogP contribution in [0.5, 0.6) is 5.88 Å². The lowest BCUT2D eigenvalue weighted by Gasteiger charge is -2.11. The van der Waals surface area contributed by atoms with Crippen LogP contribution in [0.15, 0.2) is 48.9 Å². The van der Waals surface area contributed by atoms with Crippen LogP contribution in [0.2, 0.25) is 0 Å². The van der Waals surface area contributed by atoms with E-state index in [-0.39, 0.29) is 18.1 Å². The standard InChI is InChI=1S/C19H17F3N4O2/c1-12-10-26(11-24-12)16-7-6-15(25-18(16)28-2)17(27)23-9-13-4-3-5-14(8-13)19(20,21)22/h3-8,10-11H,9H2,1-2H3,(H,23,27). The quantitative estimate of drug-likeness (QED) is 0.724. The van der Waals surface area contributed by atoms with Crippen LogP contribution >= 0.6 is 0 Å². The van der Waals surface area contributed by atoms with Crippen molar-refractivity contribution in [1.82, 2.24) is 19.9 Å². The molecule has 28 heavy (non-hydrogen) atoms. The average molecular weight is 390 g/mol. The molecule has 2 aromatic heterocycles. The van der Waals surface area contributed by atoms with Gasteiger partial charge < -0.3 is 14.6 Å². The van der Waals surface area contributed by atoms with Crippen LogP contribution in [0.4, 0.5) is 13.2 Å². The molecule has 0 aliphatic rings. The van der Waals surface area contributed by atoms with Gasteiger partial charge in [-0.25, -0.2) is 9.97 Å². The molecule has 9 heteroatoms. The Kier molecular flexibility index (Phi) is 5.34. The zero-order valence-corrected chi connectivity index (χ0v) is 15.1. The van der Waals surface area contributed by atoms with E-state index in [2.05, 4.69) is 15.3 Å². The molecule has 146 valence electrons. The molecule has 0 spiro atoms. The maximum Gasteiger partial charge on any atom is 0.416 e. The van der Waals surface area contributed by atoms with E-state index in [9.17, 15) is 18.0 Å². The second-order valence-corrected chi connectivity index (χ2v) is 6.03. The van der Waals surface area contributed by atoms with Crippen LogP contribution in [0.25, 0.3) is 5.69 Å². The van der Waals surface area contributed by atoms with Crippen LogP contribution in [-0.2, 0) is 12.7 Å². The zero-order valence-electron chi connectivity index (χ0n) is 15.1. The molecular weight excluding hydrogens is 373 g/mol. The first-order valence-electron chi connectivity index (χ1n) is 8.28. The number of halogens is 3. The summed E-state index contributed by atoms with van der Waals surface area (Å²) in [5.41, 5.74) is 1.08. The van der Waals surface area contributed by atoms with E-state index in [0.717, 1.165) is 17.8 Å². The summed E-state index contributed by atoms with van der Waals surface area (Å²) in [7, 11) is 1.43. The number of pyridine rings is 1. The highest BCUT2D eigenvalue weighted by Gasteiger charge is 2.30. The van der Waals surface area contributed by atoms with Crippen molar-refractivity contribution in [3.05, 3.63) is 71.4 Å². The first-order chi connectivity index (χ1) is 13.3. The third kappa shape index (κ3) is 4.30. The summed E-state index contributed by atoms with van der Waals surface area (Å²) < 4.78 is 45.3. The number of hydrogen-bond acceptors (Lipinski definition) is 4. The maximum atomic E-state index is 12.8. The van der Waals surface area contributed by atoms with Crippen LogP contribution in [-0.4, -0.2) is 27.6 Å². The number of ether oxygens (including phenoxy) is 1. The summed E-state index contributed by atoms with van der Waals surface area (Å²) in [5, 5.41) is 2.57. The summed E-state index contributed by atoms with van der Waals surface area (Å²) >= 11 is 0. The number of aromatic nitrogens is 3. The molecule has 0 radical (unpaired) electrons. The van der Waals surface area contributed by atoms with Crippen molar-refractivity contribution < 1.29 is 22.7 Å². The number of carbonyl (C=O) groups is 1. The van der Waals surface area contributed by atoms with Crippen LogP contribution < -0.4 is 10.1 Å². The summed E-state index contributed by atoms with van der Waals surface area (Å²) in [6.07, 6.45) is -1.05. The molecule has 0 unspecified atom stereocenters. The number of methoxy groups -OCH3 is 1. The van der Waals surface area contributed by atoms with Gasteiger partial charge in [0.2, 0.25) is 5.88 Å². The summed E-state index contributed by atoms with van der Waals surface area (Å²) in [5.74, 6) is -0.298. The second kappa shape index (κ2) is 7.71. The first kappa shape index (κ1) is 19.4. The van der Waals surface area contributed by atoms with E-state index >= 15 is 0 Å². The molecule has 0 fully saturated rings. The number of benzene rings is 1. The average Bonchev–Trinajstić information content (AvgIpc) is 3.11. The summed E-state index contributed by atoms with van der Waals surface area (Å²) in [6, 6.07) is 7.95. The molecule has 0 bridgehead atoms. The van der Waals surface area contributed by atoms with Crippen molar-refractivity contribution in [3.63, 3.8) is 0 Å². The van der Waals surface area contributed by atoms with E-state index in [1.165, 1.54) is 25.3 Å². The molecule has 0 aliphatic heterocycles. The van der Waals surface area contributed by atoms with Gasteiger partial charge in [0.1, 0.15) is 11.4 Å². The fourth-order valence-electron chi connectivity index (χ4n) is 2.59. The lowest BCUT2D eigenvalue weighted by Crippen LogP contribution is -2.24. The molecule has 0 atom stereocenters. The minimum absolute atomic E-state index is 0.0603. The van der Waals surface area contributed by atoms with Gasteiger partial charge in [-0.3, -0.25) is 4.79 Å². The molecule has 1 N–H and O–H groups in total. The Morgan fingerprint density at radius 1 is 1.25 bits per heavy atom. The van der Waals surface area contributed by atoms with E-state index in [1.807, 2.05) is 6.92 Å². The monoisotopic (exact) mass is 390 g/mol. The number of nitrogens with one attached hydrogen (secondary N) is 1. The van der Waals surface area contributed by atoms with Gasteiger partial charge in [0.25, 0.3) is 5.91 Å². The van der Waals surface area contributed by atoms with Gasteiger partial charge >= 0.3 is 6.18 Å². The Morgan fingerprint density at radius 3 is 2.68 bits per heavy atom. The highest BCUT2D eigenvalue weighted by molar-refractivity contribution is 5.92. The first-order valence-corrected chi connectivity index (χ1v) is 8.28. The Balaban J connectivity index is 1.74. The fraction of sp³-hybridized carbons (Fsp3) is 0.211. The van der Waals surface area contributed by atoms with Gasteiger partial charge in [-0.15, -0.1) is 0 Å². The van der Waals surface area contributed by atoms with Crippen molar-refractivity contribution in [2.24, 2.45) is 0 Å². The third-order valence-electron chi connectivity index (χ3n) is 3.96.